The predicted molar refractivity (Wildman–Crippen MR) is 107 cm³/mol. The number of benzene rings is 1. The summed E-state index contributed by atoms with van der Waals surface area (Å²) >= 11 is 1.68. The molecule has 26 heavy (non-hydrogen) atoms. The molecule has 2 heterocycles. The molecule has 0 radical (unpaired) electrons. The van der Waals surface area contributed by atoms with Gasteiger partial charge in [0.15, 0.2) is 0 Å². The van der Waals surface area contributed by atoms with Crippen LogP contribution in [-0.2, 0) is 11.3 Å². The van der Waals surface area contributed by atoms with E-state index in [1.165, 1.54) is 0 Å². The second kappa shape index (κ2) is 7.86. The molecule has 1 amide bonds. The molecule has 2 N–H and O–H groups in total. The molecule has 1 fully saturated rings. The summed E-state index contributed by atoms with van der Waals surface area (Å²) in [6.07, 6.45) is 0. The zero-order valence-electron chi connectivity index (χ0n) is 15.8. The van der Waals surface area contributed by atoms with E-state index >= 15 is 0 Å². The molecule has 1 aromatic carbocycles. The van der Waals surface area contributed by atoms with E-state index in [4.69, 9.17) is 10.7 Å². The summed E-state index contributed by atoms with van der Waals surface area (Å²) in [6, 6.07) is 9.83. The molecule has 0 aliphatic carbocycles. The molecule has 1 saturated heterocycles. The van der Waals surface area contributed by atoms with E-state index in [0.717, 1.165) is 49.0 Å². The van der Waals surface area contributed by atoms with E-state index in [2.05, 4.69) is 22.4 Å². The maximum absolute atomic E-state index is 12.5. The monoisotopic (exact) mass is 372 g/mol. The van der Waals surface area contributed by atoms with E-state index in [9.17, 15) is 4.79 Å². The van der Waals surface area contributed by atoms with Gasteiger partial charge < -0.3 is 10.6 Å². The fourth-order valence-electron chi connectivity index (χ4n) is 3.02. The summed E-state index contributed by atoms with van der Waals surface area (Å²) in [5.41, 5.74) is 8.18. The maximum Gasteiger partial charge on any atom is 0.240 e. The predicted octanol–water partition coefficient (Wildman–Crippen LogP) is 2.83. The van der Waals surface area contributed by atoms with Gasteiger partial charge >= 0.3 is 0 Å². The Labute approximate surface area is 159 Å². The number of aromatic nitrogens is 1. The number of nitrogens with zero attached hydrogens (tertiary/aromatic N) is 3. The van der Waals surface area contributed by atoms with Crippen molar-refractivity contribution in [1.29, 1.82) is 0 Å². The third-order valence-electron chi connectivity index (χ3n) is 4.84. The van der Waals surface area contributed by atoms with Gasteiger partial charge in [0, 0.05) is 43.7 Å². The van der Waals surface area contributed by atoms with Crippen molar-refractivity contribution in [3.05, 3.63) is 41.4 Å². The SMILES string of the molecule is CC(C)(C)[C@H](N)C(=O)N1CCN(Cc2csc(-c3ccccc3)n2)CC1. The summed E-state index contributed by atoms with van der Waals surface area (Å²) in [7, 11) is 0. The average Bonchev–Trinajstić information content (AvgIpc) is 3.09. The number of carbonyl (C=O) groups is 1. The van der Waals surface area contributed by atoms with Gasteiger partial charge in [-0.3, -0.25) is 9.69 Å². The van der Waals surface area contributed by atoms with Crippen molar-refractivity contribution in [3.63, 3.8) is 0 Å². The fourth-order valence-corrected chi connectivity index (χ4v) is 3.83. The first-order valence-corrected chi connectivity index (χ1v) is 9.99. The molecular weight excluding hydrogens is 344 g/mol. The standard InChI is InChI=1S/C20H28N4OS/c1-20(2,3)17(21)19(25)24-11-9-23(10-12-24)13-16-14-26-18(22-16)15-7-5-4-6-8-15/h4-8,14,17H,9-13,21H2,1-3H3/t17-/m1/s1. The van der Waals surface area contributed by atoms with Gasteiger partial charge in [0.05, 0.1) is 11.7 Å². The lowest BCUT2D eigenvalue weighted by atomic mass is 9.86. The second-order valence-electron chi connectivity index (χ2n) is 7.96. The van der Waals surface area contributed by atoms with Crippen LogP contribution in [0.1, 0.15) is 26.5 Å². The topological polar surface area (TPSA) is 62.5 Å². The molecule has 0 bridgehead atoms. The molecule has 6 heteroatoms. The molecule has 3 rings (SSSR count). The largest absolute Gasteiger partial charge is 0.339 e. The molecule has 1 atom stereocenters. The number of amides is 1. The lowest BCUT2D eigenvalue weighted by Gasteiger charge is -2.38. The molecule has 140 valence electrons. The van der Waals surface area contributed by atoms with Crippen molar-refractivity contribution in [2.75, 3.05) is 26.2 Å². The van der Waals surface area contributed by atoms with Crippen molar-refractivity contribution < 1.29 is 4.79 Å². The Balaban J connectivity index is 1.53. The van der Waals surface area contributed by atoms with Gasteiger partial charge in [0.1, 0.15) is 5.01 Å². The Hall–Kier alpha value is -1.76. The Morgan fingerprint density at radius 3 is 2.46 bits per heavy atom. The molecule has 0 saturated carbocycles. The Morgan fingerprint density at radius 1 is 1.19 bits per heavy atom. The maximum atomic E-state index is 12.5. The molecular formula is C20H28N4OS. The van der Waals surface area contributed by atoms with Gasteiger partial charge in [-0.25, -0.2) is 4.98 Å². The van der Waals surface area contributed by atoms with E-state index in [0.29, 0.717) is 0 Å². The Morgan fingerprint density at radius 2 is 1.85 bits per heavy atom. The minimum Gasteiger partial charge on any atom is -0.339 e. The highest BCUT2D eigenvalue weighted by Crippen LogP contribution is 2.24. The molecule has 0 unspecified atom stereocenters. The van der Waals surface area contributed by atoms with Crippen molar-refractivity contribution >= 4 is 17.2 Å². The summed E-state index contributed by atoms with van der Waals surface area (Å²) in [5.74, 6) is 0.0668. The number of nitrogens with two attached hydrogens (primary N) is 1. The first kappa shape index (κ1) is 19.0. The second-order valence-corrected chi connectivity index (χ2v) is 8.81. The smallest absolute Gasteiger partial charge is 0.240 e. The van der Waals surface area contributed by atoms with Gasteiger partial charge in [-0.1, -0.05) is 51.1 Å². The van der Waals surface area contributed by atoms with Crippen LogP contribution in [0.15, 0.2) is 35.7 Å². The molecule has 2 aromatic rings. The van der Waals surface area contributed by atoms with Crippen LogP contribution in [0.4, 0.5) is 0 Å². The third kappa shape index (κ3) is 4.50. The quantitative estimate of drug-likeness (QED) is 0.896. The van der Waals surface area contributed by atoms with E-state index < -0.39 is 6.04 Å². The zero-order chi connectivity index (χ0) is 18.7. The first-order chi connectivity index (χ1) is 12.3. The summed E-state index contributed by atoms with van der Waals surface area (Å²) in [5, 5.41) is 3.20. The summed E-state index contributed by atoms with van der Waals surface area (Å²) in [6.45, 7) is 10.1. The van der Waals surface area contributed by atoms with Crippen LogP contribution in [0.3, 0.4) is 0 Å². The molecule has 1 aliphatic rings. The van der Waals surface area contributed by atoms with E-state index in [-0.39, 0.29) is 11.3 Å². The van der Waals surface area contributed by atoms with Gasteiger partial charge in [-0.15, -0.1) is 11.3 Å². The summed E-state index contributed by atoms with van der Waals surface area (Å²) < 4.78 is 0. The van der Waals surface area contributed by atoms with Gasteiger partial charge in [0.25, 0.3) is 0 Å². The van der Waals surface area contributed by atoms with Crippen LogP contribution in [0.5, 0.6) is 0 Å². The average molecular weight is 373 g/mol. The third-order valence-corrected chi connectivity index (χ3v) is 5.78. The molecule has 1 aromatic heterocycles. The van der Waals surface area contributed by atoms with Crippen molar-refractivity contribution in [2.24, 2.45) is 11.1 Å². The minimum atomic E-state index is -0.443. The van der Waals surface area contributed by atoms with Crippen LogP contribution in [0.2, 0.25) is 0 Å². The number of hydrogen-bond donors (Lipinski definition) is 1. The van der Waals surface area contributed by atoms with Crippen molar-refractivity contribution in [3.8, 4) is 10.6 Å². The number of carbonyl (C=O) groups excluding carboxylic acids is 1. The van der Waals surface area contributed by atoms with Gasteiger partial charge in [-0.05, 0) is 5.41 Å². The van der Waals surface area contributed by atoms with E-state index in [1.54, 1.807) is 11.3 Å². The normalized spacial score (nSPS) is 17.3. The highest BCUT2D eigenvalue weighted by molar-refractivity contribution is 7.13. The fraction of sp³-hybridized carbons (Fsp3) is 0.500. The van der Waals surface area contributed by atoms with Crippen LogP contribution in [0.25, 0.3) is 10.6 Å². The van der Waals surface area contributed by atoms with Crippen molar-refractivity contribution in [1.82, 2.24) is 14.8 Å². The Kier molecular flexibility index (Phi) is 5.75. The highest BCUT2D eigenvalue weighted by atomic mass is 32.1. The van der Waals surface area contributed by atoms with Gasteiger partial charge in [-0.2, -0.15) is 0 Å². The molecule has 0 spiro atoms. The van der Waals surface area contributed by atoms with Crippen LogP contribution < -0.4 is 5.73 Å². The Bertz CT molecular complexity index is 730. The molecule has 5 nitrogen and oxygen atoms in total. The first-order valence-electron chi connectivity index (χ1n) is 9.11. The van der Waals surface area contributed by atoms with Crippen LogP contribution >= 0.6 is 11.3 Å². The highest BCUT2D eigenvalue weighted by Gasteiger charge is 2.32. The molecule has 1 aliphatic heterocycles. The number of rotatable bonds is 4. The zero-order valence-corrected chi connectivity index (χ0v) is 16.6. The van der Waals surface area contributed by atoms with Gasteiger partial charge in [0.2, 0.25) is 5.91 Å². The van der Waals surface area contributed by atoms with E-state index in [1.807, 2.05) is 43.9 Å². The van der Waals surface area contributed by atoms with Crippen LogP contribution in [0, 0.1) is 5.41 Å². The number of piperazine rings is 1. The number of hydrogen-bond acceptors (Lipinski definition) is 5. The van der Waals surface area contributed by atoms with Crippen LogP contribution in [-0.4, -0.2) is 52.9 Å². The summed E-state index contributed by atoms with van der Waals surface area (Å²) in [4.78, 5) is 21.6. The minimum absolute atomic E-state index is 0.0668. The number of thiazole rings is 1. The van der Waals surface area contributed by atoms with Crippen molar-refractivity contribution in [2.45, 2.75) is 33.4 Å². The lowest BCUT2D eigenvalue weighted by molar-refractivity contribution is -0.136. The lowest BCUT2D eigenvalue weighted by Crippen LogP contribution is -2.56.